The molecule has 5 heteroatoms. The highest BCUT2D eigenvalue weighted by molar-refractivity contribution is 6.30. The Morgan fingerprint density at radius 3 is 2.84 bits per heavy atom. The van der Waals surface area contributed by atoms with Crippen LogP contribution in [0.4, 0.5) is 0 Å². The minimum atomic E-state index is -0.223. The number of benzene rings is 1. The molecule has 0 radical (unpaired) electrons. The van der Waals surface area contributed by atoms with E-state index in [0.717, 1.165) is 39.8 Å². The Kier molecular flexibility index (Phi) is 4.00. The lowest BCUT2D eigenvalue weighted by atomic mass is 9.79. The van der Waals surface area contributed by atoms with Gasteiger partial charge in [0.15, 0.2) is 0 Å². The van der Waals surface area contributed by atoms with Crippen LogP contribution in [-0.2, 0) is 9.53 Å². The molecule has 2 unspecified atom stereocenters. The number of ether oxygens (including phenoxy) is 1. The second kappa shape index (κ2) is 6.19. The van der Waals surface area contributed by atoms with Gasteiger partial charge in [0, 0.05) is 28.6 Å². The summed E-state index contributed by atoms with van der Waals surface area (Å²) in [5.74, 6) is -0.344. The Morgan fingerprint density at radius 1 is 1.36 bits per heavy atom. The highest BCUT2D eigenvalue weighted by Crippen LogP contribution is 2.42. The number of aromatic nitrogens is 1. The molecule has 2 aromatic rings. The molecule has 0 bridgehead atoms. The van der Waals surface area contributed by atoms with Gasteiger partial charge >= 0.3 is 5.97 Å². The van der Waals surface area contributed by atoms with Gasteiger partial charge in [-0.25, -0.2) is 4.99 Å². The van der Waals surface area contributed by atoms with Crippen molar-refractivity contribution >= 4 is 28.8 Å². The number of rotatable bonds is 3. The van der Waals surface area contributed by atoms with Crippen molar-refractivity contribution in [2.75, 3.05) is 7.11 Å². The van der Waals surface area contributed by atoms with E-state index in [0.29, 0.717) is 0 Å². The molecule has 2 atom stereocenters. The lowest BCUT2D eigenvalue weighted by molar-refractivity contribution is -0.146. The van der Waals surface area contributed by atoms with Crippen LogP contribution in [0.3, 0.4) is 0 Å². The summed E-state index contributed by atoms with van der Waals surface area (Å²) >= 11 is 6.19. The maximum atomic E-state index is 12.2. The van der Waals surface area contributed by atoms with Crippen LogP contribution in [0.1, 0.15) is 19.8 Å². The van der Waals surface area contributed by atoms with Gasteiger partial charge in [-0.3, -0.25) is 4.79 Å². The predicted octanol–water partition coefficient (Wildman–Crippen LogP) is 3.01. The van der Waals surface area contributed by atoms with Crippen molar-refractivity contribution in [1.29, 1.82) is 0 Å². The van der Waals surface area contributed by atoms with E-state index in [1.165, 1.54) is 12.7 Å². The summed E-state index contributed by atoms with van der Waals surface area (Å²) in [4.78, 5) is 17.1. The third kappa shape index (κ3) is 2.61. The van der Waals surface area contributed by atoms with Gasteiger partial charge in [-0.2, -0.15) is 0 Å². The van der Waals surface area contributed by atoms with Crippen molar-refractivity contribution in [2.45, 2.75) is 19.8 Å². The molecule has 1 aliphatic heterocycles. The molecular formula is C20H19ClN2O2. The largest absolute Gasteiger partial charge is 0.469 e. The van der Waals surface area contributed by atoms with Crippen molar-refractivity contribution in [1.82, 2.24) is 4.57 Å². The second-order valence-corrected chi connectivity index (χ2v) is 6.97. The fourth-order valence-corrected chi connectivity index (χ4v) is 4.06. The number of methoxy groups -OCH3 is 1. The van der Waals surface area contributed by atoms with Crippen molar-refractivity contribution < 1.29 is 9.53 Å². The number of hydrogen-bond acceptors (Lipinski definition) is 3. The molecule has 1 aromatic heterocycles. The van der Waals surface area contributed by atoms with Gasteiger partial charge in [-0.05, 0) is 48.7 Å². The Morgan fingerprint density at radius 2 is 2.12 bits per heavy atom. The zero-order chi connectivity index (χ0) is 17.6. The fourth-order valence-electron chi connectivity index (χ4n) is 3.89. The maximum Gasteiger partial charge on any atom is 0.309 e. The van der Waals surface area contributed by atoms with Crippen LogP contribution in [0, 0.1) is 11.8 Å². The Labute approximate surface area is 151 Å². The predicted molar refractivity (Wildman–Crippen MR) is 97.2 cm³/mol. The van der Waals surface area contributed by atoms with Crippen LogP contribution in [0.2, 0.25) is 5.02 Å². The minimum absolute atomic E-state index is 0.0622. The molecule has 0 saturated carbocycles. The Bertz CT molecular complexity index is 989. The molecule has 4 nitrogen and oxygen atoms in total. The third-order valence-corrected chi connectivity index (χ3v) is 5.40. The van der Waals surface area contributed by atoms with Crippen molar-refractivity contribution in [2.24, 2.45) is 16.8 Å². The summed E-state index contributed by atoms with van der Waals surface area (Å²) in [5, 5.41) is 2.78. The van der Waals surface area contributed by atoms with Crippen molar-refractivity contribution in [3.05, 3.63) is 64.0 Å². The highest BCUT2D eigenvalue weighted by atomic mass is 35.5. The lowest BCUT2D eigenvalue weighted by Crippen LogP contribution is -2.29. The van der Waals surface area contributed by atoms with Crippen molar-refractivity contribution in [3.8, 4) is 0 Å². The molecule has 128 valence electrons. The first-order valence-electron chi connectivity index (χ1n) is 8.43. The normalized spacial score (nSPS) is 20.0. The number of carbonyl (C=O) groups excluding carboxylic acids is 1. The quantitative estimate of drug-likeness (QED) is 0.795. The van der Waals surface area contributed by atoms with E-state index in [1.807, 2.05) is 49.6 Å². The van der Waals surface area contributed by atoms with Crippen LogP contribution in [0.5, 0.6) is 0 Å². The number of allylic oxidation sites excluding steroid dienone is 2. The number of carbonyl (C=O) groups is 1. The van der Waals surface area contributed by atoms with Crippen LogP contribution in [0.15, 0.2) is 53.4 Å². The van der Waals surface area contributed by atoms with Crippen LogP contribution in [0.25, 0.3) is 11.3 Å². The first-order valence-corrected chi connectivity index (χ1v) is 8.81. The molecule has 1 aromatic carbocycles. The molecule has 0 spiro atoms. The number of fused-ring (bicyclic) bond motifs is 2. The van der Waals surface area contributed by atoms with Gasteiger partial charge in [0.05, 0.1) is 29.8 Å². The number of halogens is 1. The molecule has 2 aliphatic rings. The summed E-state index contributed by atoms with van der Waals surface area (Å²) in [5.41, 5.74) is 3.26. The first kappa shape index (κ1) is 16.2. The molecule has 0 fully saturated rings. The first-order chi connectivity index (χ1) is 12.1. The van der Waals surface area contributed by atoms with E-state index >= 15 is 0 Å². The topological polar surface area (TPSA) is 43.6 Å². The monoisotopic (exact) mass is 354 g/mol. The molecule has 25 heavy (non-hydrogen) atoms. The molecule has 1 aliphatic carbocycles. The molecule has 2 heterocycles. The molecule has 4 rings (SSSR count). The second-order valence-electron chi connectivity index (χ2n) is 6.53. The van der Waals surface area contributed by atoms with Crippen LogP contribution >= 0.6 is 11.6 Å². The van der Waals surface area contributed by atoms with Gasteiger partial charge in [-0.15, -0.1) is 0 Å². The molecule has 0 saturated heterocycles. The van der Waals surface area contributed by atoms with E-state index in [9.17, 15) is 4.79 Å². The van der Waals surface area contributed by atoms with Gasteiger partial charge < -0.3 is 9.30 Å². The third-order valence-electron chi connectivity index (χ3n) is 5.16. The van der Waals surface area contributed by atoms with Crippen LogP contribution < -0.4 is 10.6 Å². The van der Waals surface area contributed by atoms with Gasteiger partial charge in [0.2, 0.25) is 0 Å². The molecular weight excluding hydrogens is 336 g/mol. The van der Waals surface area contributed by atoms with E-state index in [4.69, 9.17) is 21.3 Å². The van der Waals surface area contributed by atoms with E-state index < -0.39 is 0 Å². The lowest BCUT2D eigenvalue weighted by Gasteiger charge is -2.31. The number of hydrogen-bond donors (Lipinski definition) is 0. The fraction of sp³-hybridized carbons (Fsp3) is 0.300. The summed E-state index contributed by atoms with van der Waals surface area (Å²) in [6.45, 7) is 1.94. The number of esters is 1. The highest BCUT2D eigenvalue weighted by Gasteiger charge is 2.36. The number of nitrogens with zero attached hydrogens (tertiary/aromatic N) is 2. The Hall–Kier alpha value is -2.33. The zero-order valence-corrected chi connectivity index (χ0v) is 15.0. The summed E-state index contributed by atoms with van der Waals surface area (Å²) in [6, 6.07) is 9.79. The summed E-state index contributed by atoms with van der Waals surface area (Å²) in [7, 11) is 1.44. The Balaban J connectivity index is 1.95. The van der Waals surface area contributed by atoms with Crippen LogP contribution in [-0.4, -0.2) is 17.6 Å². The smallest absolute Gasteiger partial charge is 0.309 e. The SMILES string of the molecule is COC(=O)C(C)C1CCC2=c3cc(Cl)ccc3=NC2=C1n1cccc1. The van der Waals surface area contributed by atoms with Gasteiger partial charge in [0.25, 0.3) is 0 Å². The molecule has 0 amide bonds. The maximum absolute atomic E-state index is 12.2. The molecule has 0 N–H and O–H groups in total. The minimum Gasteiger partial charge on any atom is -0.469 e. The summed E-state index contributed by atoms with van der Waals surface area (Å²) in [6.07, 6.45) is 5.77. The van der Waals surface area contributed by atoms with Crippen molar-refractivity contribution in [3.63, 3.8) is 0 Å². The van der Waals surface area contributed by atoms with E-state index in [2.05, 4.69) is 4.57 Å². The summed E-state index contributed by atoms with van der Waals surface area (Å²) < 4.78 is 7.07. The van der Waals surface area contributed by atoms with E-state index in [1.54, 1.807) is 0 Å². The van der Waals surface area contributed by atoms with Gasteiger partial charge in [0.1, 0.15) is 0 Å². The average molecular weight is 355 g/mol. The zero-order valence-electron chi connectivity index (χ0n) is 14.2. The van der Waals surface area contributed by atoms with E-state index in [-0.39, 0.29) is 17.8 Å². The van der Waals surface area contributed by atoms with Gasteiger partial charge in [-0.1, -0.05) is 18.5 Å². The average Bonchev–Trinajstić information content (AvgIpc) is 3.27. The standard InChI is InChI=1S/C20H19ClN2O2/c1-12(20(24)25-2)14-6-7-15-16-11-13(21)5-8-17(16)22-18(15)19(14)23-9-3-4-10-23/h3-5,8-12,14H,6-7H2,1-2H3.